The van der Waals surface area contributed by atoms with E-state index in [4.69, 9.17) is 4.74 Å². The first kappa shape index (κ1) is 26.4. The number of rotatable bonds is 7. The fourth-order valence-electron chi connectivity index (χ4n) is 4.69. The zero-order valence-corrected chi connectivity index (χ0v) is 22.0. The van der Waals surface area contributed by atoms with Gasteiger partial charge in [0, 0.05) is 22.4 Å². The molecule has 200 valence electrons. The van der Waals surface area contributed by atoms with Crippen LogP contribution >= 0.6 is 11.8 Å². The van der Waals surface area contributed by atoms with Gasteiger partial charge in [-0.05, 0) is 68.3 Å². The number of nitrogens with zero attached hydrogens (tertiary/aromatic N) is 2. The molecule has 8 nitrogen and oxygen atoms in total. The maximum atomic E-state index is 14.0. The van der Waals surface area contributed by atoms with E-state index < -0.39 is 11.7 Å². The number of aromatic nitrogens is 2. The molecule has 3 N–H and O–H groups in total. The van der Waals surface area contributed by atoms with E-state index >= 15 is 0 Å². The molecule has 2 heterocycles. The van der Waals surface area contributed by atoms with Gasteiger partial charge in [0.15, 0.2) is 0 Å². The quantitative estimate of drug-likeness (QED) is 0.264. The Morgan fingerprint density at radius 1 is 0.923 bits per heavy atom. The number of hydrogen-bond donors (Lipinski definition) is 3. The van der Waals surface area contributed by atoms with E-state index in [9.17, 15) is 19.1 Å². The number of aromatic hydroxyl groups is 1. The van der Waals surface area contributed by atoms with Crippen molar-refractivity contribution in [3.8, 4) is 17.4 Å². The van der Waals surface area contributed by atoms with Crippen molar-refractivity contribution in [3.05, 3.63) is 83.9 Å². The number of fused-ring (bicyclic) bond motifs is 1. The van der Waals surface area contributed by atoms with Crippen LogP contribution in [0.2, 0.25) is 0 Å². The molecule has 0 aliphatic heterocycles. The molecule has 0 unspecified atom stereocenters. The summed E-state index contributed by atoms with van der Waals surface area (Å²) in [5, 5.41) is 16.4. The molecule has 0 spiro atoms. The molecular formula is C29H27FN4O4S. The van der Waals surface area contributed by atoms with Crippen LogP contribution in [-0.2, 0) is 0 Å². The zero-order chi connectivity index (χ0) is 27.4. The number of halogens is 1. The Labute approximate surface area is 229 Å². The third-order valence-electron chi connectivity index (χ3n) is 6.66. The van der Waals surface area contributed by atoms with E-state index in [-0.39, 0.29) is 35.2 Å². The van der Waals surface area contributed by atoms with Gasteiger partial charge < -0.3 is 20.5 Å². The Kier molecular flexibility index (Phi) is 7.92. The average molecular weight is 547 g/mol. The molecule has 1 aliphatic carbocycles. The van der Waals surface area contributed by atoms with Gasteiger partial charge in [-0.1, -0.05) is 18.2 Å². The van der Waals surface area contributed by atoms with Crippen LogP contribution in [0.4, 0.5) is 4.39 Å². The molecule has 39 heavy (non-hydrogen) atoms. The molecule has 0 radical (unpaired) electrons. The molecule has 2 aromatic carbocycles. The Balaban J connectivity index is 1.20. The summed E-state index contributed by atoms with van der Waals surface area (Å²) in [6.45, 7) is 0. The number of ether oxygens (including phenoxy) is 1. The molecule has 1 aliphatic rings. The first-order chi connectivity index (χ1) is 18.9. The van der Waals surface area contributed by atoms with Crippen LogP contribution in [0, 0.1) is 5.82 Å². The fourth-order valence-corrected chi connectivity index (χ4v) is 5.14. The Morgan fingerprint density at radius 3 is 2.33 bits per heavy atom. The first-order valence-electron chi connectivity index (χ1n) is 12.6. The van der Waals surface area contributed by atoms with Crippen LogP contribution in [0.3, 0.4) is 0 Å². The molecule has 1 saturated carbocycles. The minimum atomic E-state index is -0.630. The molecule has 4 aromatic rings. The summed E-state index contributed by atoms with van der Waals surface area (Å²) < 4.78 is 19.9. The second-order valence-corrected chi connectivity index (χ2v) is 10.2. The summed E-state index contributed by atoms with van der Waals surface area (Å²) >= 11 is 1.55. The second-order valence-electron chi connectivity index (χ2n) is 9.35. The third kappa shape index (κ3) is 6.28. The summed E-state index contributed by atoms with van der Waals surface area (Å²) in [5.74, 6) is -0.748. The van der Waals surface area contributed by atoms with Gasteiger partial charge in [0.05, 0.1) is 23.5 Å². The smallest absolute Gasteiger partial charge is 0.257 e. The SMILES string of the molecule is CSc1cccc(Oc2ncc(F)cc2C(=O)NC2CCC(NC(=O)c3cccc4cc(O)cnc34)CC2)c1. The highest BCUT2D eigenvalue weighted by molar-refractivity contribution is 7.98. The number of para-hydroxylation sites is 1. The molecule has 10 heteroatoms. The van der Waals surface area contributed by atoms with Gasteiger partial charge in [-0.25, -0.2) is 9.37 Å². The molecule has 0 bridgehead atoms. The molecular weight excluding hydrogens is 519 g/mol. The van der Waals surface area contributed by atoms with Gasteiger partial charge in [-0.15, -0.1) is 11.8 Å². The van der Waals surface area contributed by atoms with Crippen molar-refractivity contribution in [1.29, 1.82) is 0 Å². The van der Waals surface area contributed by atoms with E-state index in [1.54, 1.807) is 42.1 Å². The Morgan fingerprint density at radius 2 is 1.62 bits per heavy atom. The van der Waals surface area contributed by atoms with Crippen molar-refractivity contribution in [1.82, 2.24) is 20.6 Å². The van der Waals surface area contributed by atoms with E-state index in [0.717, 1.165) is 17.2 Å². The molecule has 0 atom stereocenters. The molecule has 5 rings (SSSR count). The third-order valence-corrected chi connectivity index (χ3v) is 7.38. The predicted octanol–water partition coefficient (Wildman–Crippen LogP) is 5.46. The fraction of sp³-hybridized carbons (Fsp3) is 0.241. The average Bonchev–Trinajstić information content (AvgIpc) is 2.94. The summed E-state index contributed by atoms with van der Waals surface area (Å²) in [4.78, 5) is 35.3. The standard InChI is InChI=1S/C29H27FN4O4S/c1-39-23-6-3-5-22(14-23)38-29-25(13-18(30)15-32-29)28(37)34-20-10-8-19(9-11-20)33-27(36)24-7-2-4-17-12-21(35)16-31-26(17)24/h2-7,12-16,19-20,35H,8-11H2,1H3,(H,33,36)(H,34,37). The minimum absolute atomic E-state index is 0.0227. The summed E-state index contributed by atoms with van der Waals surface area (Å²) in [7, 11) is 0. The minimum Gasteiger partial charge on any atom is -0.506 e. The van der Waals surface area contributed by atoms with Crippen molar-refractivity contribution in [2.24, 2.45) is 0 Å². The van der Waals surface area contributed by atoms with Gasteiger partial charge in [-0.3, -0.25) is 14.6 Å². The number of benzene rings is 2. The normalized spacial score (nSPS) is 17.0. The van der Waals surface area contributed by atoms with Crippen LogP contribution in [0.25, 0.3) is 10.9 Å². The molecule has 1 fully saturated rings. The maximum Gasteiger partial charge on any atom is 0.257 e. The highest BCUT2D eigenvalue weighted by atomic mass is 32.2. The van der Waals surface area contributed by atoms with Gasteiger partial charge >= 0.3 is 0 Å². The molecule has 0 saturated heterocycles. The number of carbonyl (C=O) groups excluding carboxylic acids is 2. The number of amides is 2. The highest BCUT2D eigenvalue weighted by Crippen LogP contribution is 2.28. The molecule has 2 aromatic heterocycles. The lowest BCUT2D eigenvalue weighted by molar-refractivity contribution is 0.0890. The maximum absolute atomic E-state index is 14.0. The number of pyridine rings is 2. The van der Waals surface area contributed by atoms with Gasteiger partial charge in [0.1, 0.15) is 22.9 Å². The van der Waals surface area contributed by atoms with Gasteiger partial charge in [-0.2, -0.15) is 0 Å². The van der Waals surface area contributed by atoms with Crippen molar-refractivity contribution in [2.75, 3.05) is 6.26 Å². The van der Waals surface area contributed by atoms with Crippen molar-refractivity contribution < 1.29 is 23.8 Å². The van der Waals surface area contributed by atoms with Crippen LogP contribution in [-0.4, -0.2) is 45.2 Å². The summed E-state index contributed by atoms with van der Waals surface area (Å²) in [6, 6.07) is 15.1. The Bertz CT molecular complexity index is 1520. The van der Waals surface area contributed by atoms with E-state index in [2.05, 4.69) is 20.6 Å². The summed E-state index contributed by atoms with van der Waals surface area (Å²) in [6.07, 6.45) is 6.91. The first-order valence-corrected chi connectivity index (χ1v) is 13.8. The number of carbonyl (C=O) groups is 2. The lowest BCUT2D eigenvalue weighted by Crippen LogP contribution is -2.44. The van der Waals surface area contributed by atoms with Crippen LogP contribution in [0.5, 0.6) is 17.4 Å². The second kappa shape index (κ2) is 11.7. The number of hydrogen-bond acceptors (Lipinski definition) is 7. The lowest BCUT2D eigenvalue weighted by atomic mass is 9.90. The summed E-state index contributed by atoms with van der Waals surface area (Å²) in [5.41, 5.74) is 0.988. The van der Waals surface area contributed by atoms with E-state index in [1.807, 2.05) is 24.5 Å². The van der Waals surface area contributed by atoms with E-state index in [1.165, 1.54) is 6.20 Å². The van der Waals surface area contributed by atoms with Crippen molar-refractivity contribution >= 4 is 34.5 Å². The lowest BCUT2D eigenvalue weighted by Gasteiger charge is -2.30. The Hall–Kier alpha value is -4.18. The van der Waals surface area contributed by atoms with Gasteiger partial charge in [0.25, 0.3) is 11.8 Å². The topological polar surface area (TPSA) is 113 Å². The number of thioether (sulfide) groups is 1. The van der Waals surface area contributed by atoms with Crippen molar-refractivity contribution in [3.63, 3.8) is 0 Å². The van der Waals surface area contributed by atoms with Crippen LogP contribution in [0.1, 0.15) is 46.4 Å². The van der Waals surface area contributed by atoms with Crippen LogP contribution in [0.15, 0.2) is 71.9 Å². The zero-order valence-electron chi connectivity index (χ0n) is 21.2. The number of nitrogens with one attached hydrogen (secondary N) is 2. The largest absolute Gasteiger partial charge is 0.506 e. The van der Waals surface area contributed by atoms with Gasteiger partial charge in [0.2, 0.25) is 5.88 Å². The van der Waals surface area contributed by atoms with E-state index in [0.29, 0.717) is 47.9 Å². The molecule has 2 amide bonds. The monoisotopic (exact) mass is 546 g/mol. The highest BCUT2D eigenvalue weighted by Gasteiger charge is 2.26. The predicted molar refractivity (Wildman–Crippen MR) is 147 cm³/mol. The van der Waals surface area contributed by atoms with Crippen molar-refractivity contribution in [2.45, 2.75) is 42.7 Å². The van der Waals surface area contributed by atoms with Crippen LogP contribution < -0.4 is 15.4 Å².